The third-order valence-corrected chi connectivity index (χ3v) is 17.4. The third kappa shape index (κ3) is 17.0. The van der Waals surface area contributed by atoms with Crippen LogP contribution in [0.2, 0.25) is 0 Å². The van der Waals surface area contributed by atoms with Gasteiger partial charge >= 0.3 is 12.0 Å². The minimum absolute atomic E-state index is 0.0110. The fourth-order valence-corrected chi connectivity index (χ4v) is 13.0. The minimum Gasteiger partial charge on any atom is -0.480 e. The van der Waals surface area contributed by atoms with Crippen molar-refractivity contribution in [3.63, 3.8) is 0 Å². The Hall–Kier alpha value is -4.44. The van der Waals surface area contributed by atoms with Gasteiger partial charge in [-0.1, -0.05) is 6.42 Å². The number of carbonyl (C=O) groups excluding carboxylic acids is 6. The van der Waals surface area contributed by atoms with Crippen molar-refractivity contribution in [1.29, 1.82) is 0 Å². The van der Waals surface area contributed by atoms with Gasteiger partial charge in [0.15, 0.2) is 31.4 Å². The van der Waals surface area contributed by atoms with E-state index >= 15 is 0 Å². The molecule has 7 heterocycles. The Balaban J connectivity index is 0.995. The summed E-state index contributed by atoms with van der Waals surface area (Å²) in [5.41, 5.74) is 0. The van der Waals surface area contributed by atoms with E-state index in [9.17, 15) is 105 Å². The molecule has 0 aromatic heterocycles. The summed E-state index contributed by atoms with van der Waals surface area (Å²) in [6, 6.07) is -7.06. The van der Waals surface area contributed by atoms with E-state index < -0.39 is 234 Å². The van der Waals surface area contributed by atoms with E-state index in [0.717, 1.165) is 26.5 Å². The summed E-state index contributed by atoms with van der Waals surface area (Å²) in [6.45, 7) is -1.69. The normalized spacial score (nSPS) is 42.0. The highest BCUT2D eigenvalue weighted by molar-refractivity contribution is 8.00. The Morgan fingerprint density at radius 3 is 1.64 bits per heavy atom. The van der Waals surface area contributed by atoms with Gasteiger partial charge in [0.05, 0.1) is 51.5 Å². The molecule has 14 unspecified atom stereocenters. The van der Waals surface area contributed by atoms with Gasteiger partial charge < -0.3 is 151 Å². The van der Waals surface area contributed by atoms with E-state index in [0.29, 0.717) is 19.3 Å². The molecule has 0 bridgehead atoms. The van der Waals surface area contributed by atoms with Gasteiger partial charge in [-0.15, -0.1) is 0 Å². The average Bonchev–Trinajstić information content (AvgIpc) is 1.19. The summed E-state index contributed by atoms with van der Waals surface area (Å²) in [6.07, 6.45) is -40.7. The van der Waals surface area contributed by atoms with Crippen molar-refractivity contribution in [3.8, 4) is 0 Å². The molecule has 0 radical (unpaired) electrons. The highest BCUT2D eigenvalue weighted by Crippen LogP contribution is 2.36. The zero-order valence-electron chi connectivity index (χ0n) is 47.7. The molecule has 502 valence electrons. The van der Waals surface area contributed by atoms with Crippen molar-refractivity contribution >= 4 is 53.3 Å². The Labute approximate surface area is 505 Å². The van der Waals surface area contributed by atoms with Crippen molar-refractivity contribution in [3.05, 3.63) is 0 Å². The summed E-state index contributed by atoms with van der Waals surface area (Å²) in [7, 11) is 0. The lowest BCUT2D eigenvalue weighted by Gasteiger charge is -2.50. The number of ether oxygens (including phenoxy) is 9. The molecule has 7 aliphatic heterocycles. The lowest BCUT2D eigenvalue weighted by molar-refractivity contribution is -0.372. The standard InChI is InChI=1S/C50H81N7O30S/c1-15(62)51-29-36(71)41(22(11-60)80-44(29)56-27(66)8-18(45(76)77)54-26(65)7-5-4-6-25-28-19(14-88-25)55-50(78)57-28)85-47-31(53-17(3)64)37(72)42(23(12-61)83-47)86-48-40(75)38(73)34(69)24(84-48)13-79-49-43(39(74)33(68)21(10-59)82-49)87-46-30(52-16(2)63)35(70)32(67)20(9-58)81-46/h18-25,28-44,46-49,58-61,67-75H,4-14H2,1-3H3,(H,51,62)(H,52,63)(H,53,64)(H,54,65)(H,56,66)(H,76,77)(H2,55,57,78)/t18?,19?,20-,21?,22?,23?,24?,25?,28?,29?,30?,31?,32+,33+,34+,35?,36+,37+,38-,39-,40?,41+,42+,43?,44+,46-,47-,48-,49-/m0/s1. The number of aliphatic hydroxyl groups is 13. The molecule has 0 spiro atoms. The van der Waals surface area contributed by atoms with E-state index in [1.54, 1.807) is 11.8 Å². The summed E-state index contributed by atoms with van der Waals surface area (Å²) in [5.74, 6) is -4.99. The number of urea groups is 1. The summed E-state index contributed by atoms with van der Waals surface area (Å²) in [4.78, 5) is 87.7. The van der Waals surface area contributed by atoms with Crippen LogP contribution in [0.5, 0.6) is 0 Å². The highest BCUT2D eigenvalue weighted by Gasteiger charge is 2.57. The SMILES string of the molecule is CC(=O)NC1C(O)[C@H](O)[C@H](CO)O[C@H]1OC1[C@@H](OCC2O[C@@H](O[C@@H]3C(CO)O[C@@H](O[C@@H]4C(CO)O[C@@H](NC(=O)CC(NC(=O)CCCCC5SCC6NC(=O)NC65)C(=O)O)C(NC(C)=O)[C@H]4O)C(NC(C)=O)[C@H]3O)C(O)[C@@H](O)[C@@H]2O)OC(CO)[C@@H](O)[C@@H]1O. The van der Waals surface area contributed by atoms with Crippen LogP contribution >= 0.6 is 11.8 Å². The zero-order chi connectivity index (χ0) is 64.6. The lowest BCUT2D eigenvalue weighted by Crippen LogP contribution is -2.71. The number of hydrogen-bond acceptors (Lipinski definition) is 30. The molecular formula is C50H81N7O30S. The fraction of sp³-hybridized carbons (Fsp3) is 0.860. The van der Waals surface area contributed by atoms with E-state index in [2.05, 4.69) is 37.2 Å². The molecule has 29 atom stereocenters. The maximum Gasteiger partial charge on any atom is 0.326 e. The van der Waals surface area contributed by atoms with Crippen molar-refractivity contribution in [1.82, 2.24) is 37.2 Å². The van der Waals surface area contributed by atoms with Crippen molar-refractivity contribution < 1.29 is 148 Å². The average molecular weight is 1290 g/mol. The monoisotopic (exact) mass is 1290 g/mol. The summed E-state index contributed by atoms with van der Waals surface area (Å²) < 4.78 is 52.6. The van der Waals surface area contributed by atoms with Crippen LogP contribution in [0.3, 0.4) is 0 Å². The minimum atomic E-state index is -2.18. The molecule has 7 rings (SSSR count). The molecule has 38 heteroatoms. The van der Waals surface area contributed by atoms with Crippen LogP contribution in [-0.4, -0.2) is 328 Å². The maximum absolute atomic E-state index is 13.5. The van der Waals surface area contributed by atoms with Crippen molar-refractivity contribution in [2.24, 2.45) is 0 Å². The number of nitrogens with one attached hydrogen (secondary N) is 7. The third-order valence-electron chi connectivity index (χ3n) is 15.9. The number of carboxylic acids is 1. The molecule has 7 aliphatic rings. The van der Waals surface area contributed by atoms with Crippen LogP contribution in [0.1, 0.15) is 52.9 Å². The topological polar surface area (TPSA) is 570 Å². The molecule has 0 saturated carbocycles. The molecular weight excluding hydrogens is 1210 g/mol. The number of aliphatic hydroxyl groups excluding tert-OH is 13. The molecule has 0 aliphatic carbocycles. The Morgan fingerprint density at radius 1 is 0.545 bits per heavy atom. The van der Waals surface area contributed by atoms with E-state index in [-0.39, 0.29) is 29.8 Å². The number of carbonyl (C=O) groups is 7. The van der Waals surface area contributed by atoms with E-state index in [1.807, 2.05) is 0 Å². The van der Waals surface area contributed by atoms with Gasteiger partial charge in [-0.25, -0.2) is 9.59 Å². The second-order valence-corrected chi connectivity index (χ2v) is 23.6. The van der Waals surface area contributed by atoms with Crippen molar-refractivity contribution in [2.45, 2.75) is 230 Å². The Bertz CT molecular complexity index is 2380. The van der Waals surface area contributed by atoms with E-state index in [4.69, 9.17) is 42.6 Å². The summed E-state index contributed by atoms with van der Waals surface area (Å²) >= 11 is 1.69. The van der Waals surface area contributed by atoms with Crippen LogP contribution in [0, 0.1) is 0 Å². The Kier molecular flexibility index (Phi) is 25.6. The molecule has 21 N–H and O–H groups in total. The number of thioether (sulfide) groups is 1. The number of amides is 7. The lowest BCUT2D eigenvalue weighted by atomic mass is 9.93. The van der Waals surface area contributed by atoms with Gasteiger partial charge in [0.2, 0.25) is 29.5 Å². The number of rotatable bonds is 26. The van der Waals surface area contributed by atoms with Crippen LogP contribution in [-0.2, 0) is 71.4 Å². The Morgan fingerprint density at radius 2 is 1.05 bits per heavy atom. The van der Waals surface area contributed by atoms with Crippen molar-refractivity contribution in [2.75, 3.05) is 38.8 Å². The largest absolute Gasteiger partial charge is 0.480 e. The zero-order valence-corrected chi connectivity index (χ0v) is 48.5. The fourth-order valence-electron chi connectivity index (χ4n) is 11.4. The smallest absolute Gasteiger partial charge is 0.326 e. The van der Waals surface area contributed by atoms with Gasteiger partial charge in [-0.3, -0.25) is 24.0 Å². The highest BCUT2D eigenvalue weighted by atomic mass is 32.2. The molecule has 88 heavy (non-hydrogen) atoms. The number of fused-ring (bicyclic) bond motifs is 1. The molecule has 0 aromatic rings. The van der Waals surface area contributed by atoms with Gasteiger partial charge in [0.25, 0.3) is 0 Å². The van der Waals surface area contributed by atoms with Crippen LogP contribution in [0.25, 0.3) is 0 Å². The predicted molar refractivity (Wildman–Crippen MR) is 285 cm³/mol. The molecule has 0 aromatic carbocycles. The second-order valence-electron chi connectivity index (χ2n) is 22.3. The van der Waals surface area contributed by atoms with Gasteiger partial charge in [-0.05, 0) is 12.8 Å². The molecule has 7 saturated heterocycles. The van der Waals surface area contributed by atoms with E-state index in [1.165, 1.54) is 0 Å². The summed E-state index contributed by atoms with van der Waals surface area (Å²) in [5, 5.41) is 169. The molecule has 37 nitrogen and oxygen atoms in total. The second kappa shape index (κ2) is 31.7. The first-order valence-corrected chi connectivity index (χ1v) is 29.5. The molecule has 7 fully saturated rings. The first-order valence-electron chi connectivity index (χ1n) is 28.4. The quantitative estimate of drug-likeness (QED) is 0.0282. The van der Waals surface area contributed by atoms with Gasteiger partial charge in [0.1, 0.15) is 128 Å². The van der Waals surface area contributed by atoms with Crippen LogP contribution < -0.4 is 37.2 Å². The molecule has 7 amide bonds. The first-order chi connectivity index (χ1) is 41.7. The number of carboxylic acid groups (broad SMARTS) is 1. The van der Waals surface area contributed by atoms with Gasteiger partial charge in [-0.2, -0.15) is 11.8 Å². The predicted octanol–water partition coefficient (Wildman–Crippen LogP) is -11.7. The van der Waals surface area contributed by atoms with Crippen LogP contribution in [0.4, 0.5) is 4.79 Å². The maximum atomic E-state index is 13.5. The first kappa shape index (κ1) is 71.0. The number of unbranched alkanes of at least 4 members (excludes halogenated alkanes) is 1. The number of hydrogen-bond donors (Lipinski definition) is 21. The van der Waals surface area contributed by atoms with Gasteiger partial charge in [0, 0.05) is 38.2 Å². The number of aliphatic carboxylic acids is 1. The van der Waals surface area contributed by atoms with Crippen LogP contribution in [0.15, 0.2) is 0 Å².